The molecule has 0 spiro atoms. The molecule has 0 atom stereocenters. The Labute approximate surface area is 122 Å². The molecule has 0 saturated heterocycles. The summed E-state index contributed by atoms with van der Waals surface area (Å²) in [4.78, 5) is 11.4. The van der Waals surface area contributed by atoms with E-state index in [4.69, 9.17) is 0 Å². The summed E-state index contributed by atoms with van der Waals surface area (Å²) in [5, 5.41) is 14.9. The number of hydrogen-bond donors (Lipinski definition) is 2. The smallest absolute Gasteiger partial charge is 0.221 e. The van der Waals surface area contributed by atoms with Crippen LogP contribution < -0.4 is 5.32 Å². The van der Waals surface area contributed by atoms with Gasteiger partial charge < -0.3 is 10.4 Å². The molecule has 3 rings (SSSR count). The number of aromatic hydroxyl groups is 1. The van der Waals surface area contributed by atoms with Crippen LogP contribution in [0.4, 0.5) is 5.69 Å². The van der Waals surface area contributed by atoms with Crippen LogP contribution in [-0.2, 0) is 4.79 Å². The van der Waals surface area contributed by atoms with Crippen molar-refractivity contribution in [2.45, 2.75) is 6.92 Å². The van der Waals surface area contributed by atoms with Gasteiger partial charge in [0.15, 0.2) is 0 Å². The molecule has 0 unspecified atom stereocenters. The summed E-state index contributed by atoms with van der Waals surface area (Å²) in [5.74, 6) is 0.109. The molecular formula is C18H15NO2. The first kappa shape index (κ1) is 13.2. The van der Waals surface area contributed by atoms with Gasteiger partial charge in [-0.3, -0.25) is 4.79 Å². The minimum Gasteiger partial charge on any atom is -0.507 e. The number of nitrogens with one attached hydrogen (secondary N) is 1. The van der Waals surface area contributed by atoms with Crippen molar-refractivity contribution in [2.24, 2.45) is 0 Å². The van der Waals surface area contributed by atoms with Crippen molar-refractivity contribution in [3.05, 3.63) is 60.7 Å². The fourth-order valence-electron chi connectivity index (χ4n) is 2.56. The quantitative estimate of drug-likeness (QED) is 0.738. The van der Waals surface area contributed by atoms with Gasteiger partial charge in [0.25, 0.3) is 0 Å². The van der Waals surface area contributed by atoms with Gasteiger partial charge in [-0.25, -0.2) is 0 Å². The highest BCUT2D eigenvalue weighted by Gasteiger charge is 2.11. The zero-order chi connectivity index (χ0) is 14.8. The van der Waals surface area contributed by atoms with Crippen molar-refractivity contribution in [3.8, 4) is 16.9 Å². The topological polar surface area (TPSA) is 49.3 Å². The van der Waals surface area contributed by atoms with Crippen molar-refractivity contribution < 1.29 is 9.90 Å². The Morgan fingerprint density at radius 3 is 2.29 bits per heavy atom. The summed E-state index contributed by atoms with van der Waals surface area (Å²) in [6.07, 6.45) is 0. The number of carbonyl (C=O) groups is 1. The van der Waals surface area contributed by atoms with E-state index in [1.54, 1.807) is 12.1 Å². The number of amides is 1. The van der Waals surface area contributed by atoms with Crippen LogP contribution >= 0.6 is 0 Å². The number of anilines is 1. The maximum Gasteiger partial charge on any atom is 0.221 e. The first-order chi connectivity index (χ1) is 10.2. The molecule has 0 fully saturated rings. The van der Waals surface area contributed by atoms with Gasteiger partial charge in [-0.1, -0.05) is 48.5 Å². The highest BCUT2D eigenvalue weighted by Crippen LogP contribution is 2.37. The summed E-state index contributed by atoms with van der Waals surface area (Å²) in [7, 11) is 0. The second-order valence-corrected chi connectivity index (χ2v) is 4.91. The number of benzene rings is 3. The molecule has 0 saturated carbocycles. The Morgan fingerprint density at radius 1 is 0.905 bits per heavy atom. The number of carbonyl (C=O) groups excluding carboxylic acids is 1. The van der Waals surface area contributed by atoms with Crippen molar-refractivity contribution >= 4 is 22.4 Å². The van der Waals surface area contributed by atoms with Crippen LogP contribution in [-0.4, -0.2) is 11.0 Å². The normalized spacial score (nSPS) is 10.5. The predicted molar refractivity (Wildman–Crippen MR) is 85.4 cm³/mol. The lowest BCUT2D eigenvalue weighted by Crippen LogP contribution is -2.06. The van der Waals surface area contributed by atoms with Crippen LogP contribution in [0.3, 0.4) is 0 Å². The molecule has 0 aliphatic heterocycles. The molecule has 0 aromatic heterocycles. The van der Waals surface area contributed by atoms with Crippen LogP contribution in [0, 0.1) is 0 Å². The van der Waals surface area contributed by atoms with Crippen molar-refractivity contribution in [3.63, 3.8) is 0 Å². The van der Waals surface area contributed by atoms with E-state index in [0.29, 0.717) is 0 Å². The second-order valence-electron chi connectivity index (χ2n) is 4.91. The highest BCUT2D eigenvalue weighted by molar-refractivity contribution is 6.09. The van der Waals surface area contributed by atoms with E-state index in [1.807, 2.05) is 48.5 Å². The first-order valence-corrected chi connectivity index (χ1v) is 6.74. The van der Waals surface area contributed by atoms with Crippen LogP contribution in [0.5, 0.6) is 5.75 Å². The maximum atomic E-state index is 11.4. The lowest BCUT2D eigenvalue weighted by molar-refractivity contribution is -0.114. The SMILES string of the molecule is CC(=O)Nc1cccc2cccc(-c3ccccc3O)c12. The van der Waals surface area contributed by atoms with Crippen molar-refractivity contribution in [2.75, 3.05) is 5.32 Å². The Kier molecular flexibility index (Phi) is 3.32. The average Bonchev–Trinajstić information content (AvgIpc) is 2.47. The average molecular weight is 277 g/mol. The molecule has 0 aliphatic rings. The molecule has 0 heterocycles. The Hall–Kier alpha value is -2.81. The van der Waals surface area contributed by atoms with Crippen LogP contribution in [0.1, 0.15) is 6.92 Å². The number of phenolic OH excluding ortho intramolecular Hbond substituents is 1. The number of phenols is 1. The summed E-state index contributed by atoms with van der Waals surface area (Å²) in [5.41, 5.74) is 2.40. The summed E-state index contributed by atoms with van der Waals surface area (Å²) >= 11 is 0. The van der Waals surface area contributed by atoms with Gasteiger partial charge in [0.2, 0.25) is 5.91 Å². The minimum absolute atomic E-state index is 0.116. The highest BCUT2D eigenvalue weighted by atomic mass is 16.3. The first-order valence-electron chi connectivity index (χ1n) is 6.74. The molecule has 3 aromatic carbocycles. The molecule has 3 heteroatoms. The molecule has 104 valence electrons. The van der Waals surface area contributed by atoms with Crippen LogP contribution in [0.15, 0.2) is 60.7 Å². The standard InChI is InChI=1S/C18H15NO2/c1-12(20)19-16-10-5-7-13-6-4-9-15(18(13)16)14-8-2-3-11-17(14)21/h2-11,21H,1H3,(H,19,20). The Morgan fingerprint density at radius 2 is 1.57 bits per heavy atom. The van der Waals surface area contributed by atoms with Gasteiger partial charge in [0.05, 0.1) is 0 Å². The van der Waals surface area contributed by atoms with Crippen molar-refractivity contribution in [1.29, 1.82) is 0 Å². The largest absolute Gasteiger partial charge is 0.507 e. The van der Waals surface area contributed by atoms with Gasteiger partial charge in [-0.15, -0.1) is 0 Å². The Bertz CT molecular complexity index is 819. The van der Waals surface area contributed by atoms with E-state index in [1.165, 1.54) is 6.92 Å². The third kappa shape index (κ3) is 2.46. The molecule has 1 amide bonds. The molecule has 3 aromatic rings. The van der Waals surface area contributed by atoms with Gasteiger partial charge in [-0.2, -0.15) is 0 Å². The minimum atomic E-state index is -0.116. The van der Waals surface area contributed by atoms with E-state index >= 15 is 0 Å². The fraction of sp³-hybridized carbons (Fsp3) is 0.0556. The number of rotatable bonds is 2. The number of hydrogen-bond acceptors (Lipinski definition) is 2. The van der Waals surface area contributed by atoms with Gasteiger partial charge in [-0.05, 0) is 23.1 Å². The zero-order valence-electron chi connectivity index (χ0n) is 11.6. The third-order valence-corrected chi connectivity index (χ3v) is 3.41. The number of fused-ring (bicyclic) bond motifs is 1. The van der Waals surface area contributed by atoms with Crippen molar-refractivity contribution in [1.82, 2.24) is 0 Å². The van der Waals surface area contributed by atoms with Gasteiger partial charge in [0, 0.05) is 23.6 Å². The van der Waals surface area contributed by atoms with E-state index in [-0.39, 0.29) is 11.7 Å². The molecule has 3 nitrogen and oxygen atoms in total. The van der Waals surface area contributed by atoms with Crippen LogP contribution in [0.2, 0.25) is 0 Å². The molecular weight excluding hydrogens is 262 g/mol. The molecule has 21 heavy (non-hydrogen) atoms. The lowest BCUT2D eigenvalue weighted by atomic mass is 9.96. The molecule has 0 aliphatic carbocycles. The number of para-hydroxylation sites is 1. The second kappa shape index (κ2) is 5.29. The Balaban J connectivity index is 2.33. The predicted octanol–water partition coefficient (Wildman–Crippen LogP) is 4.17. The molecule has 2 N–H and O–H groups in total. The summed E-state index contributed by atoms with van der Waals surface area (Å²) in [6, 6.07) is 18.9. The van der Waals surface area contributed by atoms with Crippen LogP contribution in [0.25, 0.3) is 21.9 Å². The monoisotopic (exact) mass is 277 g/mol. The van der Waals surface area contributed by atoms with Gasteiger partial charge in [0.1, 0.15) is 5.75 Å². The summed E-state index contributed by atoms with van der Waals surface area (Å²) in [6.45, 7) is 1.49. The zero-order valence-corrected chi connectivity index (χ0v) is 11.6. The fourth-order valence-corrected chi connectivity index (χ4v) is 2.56. The summed E-state index contributed by atoms with van der Waals surface area (Å²) < 4.78 is 0. The maximum absolute atomic E-state index is 11.4. The van der Waals surface area contributed by atoms with E-state index in [2.05, 4.69) is 5.32 Å². The van der Waals surface area contributed by atoms with E-state index in [0.717, 1.165) is 27.6 Å². The third-order valence-electron chi connectivity index (χ3n) is 3.41. The lowest BCUT2D eigenvalue weighted by Gasteiger charge is -2.13. The molecule has 0 radical (unpaired) electrons. The molecule has 0 bridgehead atoms. The van der Waals surface area contributed by atoms with E-state index < -0.39 is 0 Å². The van der Waals surface area contributed by atoms with E-state index in [9.17, 15) is 9.90 Å². The van der Waals surface area contributed by atoms with Gasteiger partial charge >= 0.3 is 0 Å².